The first-order valence-corrected chi connectivity index (χ1v) is 4.85. The molecule has 3 nitrogen and oxygen atoms in total. The Morgan fingerprint density at radius 2 is 1.86 bits per heavy atom. The van der Waals surface area contributed by atoms with E-state index in [9.17, 15) is 4.79 Å². The van der Waals surface area contributed by atoms with E-state index in [-0.39, 0.29) is 10.6 Å². The lowest BCUT2D eigenvalue weighted by atomic mass is 10.2. The molecule has 0 aromatic heterocycles. The van der Waals surface area contributed by atoms with Crippen molar-refractivity contribution in [1.29, 1.82) is 0 Å². The summed E-state index contributed by atoms with van der Waals surface area (Å²) in [5.74, 6) is -0.572. The second kappa shape index (κ2) is 7.02. The van der Waals surface area contributed by atoms with Crippen LogP contribution in [-0.4, -0.2) is 26.9 Å². The number of rotatable bonds is 1. The lowest BCUT2D eigenvalue weighted by Gasteiger charge is -1.99. The Morgan fingerprint density at radius 1 is 1.36 bits per heavy atom. The van der Waals surface area contributed by atoms with Gasteiger partial charge in [-0.05, 0) is 12.1 Å². The minimum atomic E-state index is -0.572. The van der Waals surface area contributed by atoms with Gasteiger partial charge in [0.05, 0.1) is 15.6 Å². The summed E-state index contributed by atoms with van der Waals surface area (Å²) in [6, 6.07) is 4.74. The van der Waals surface area contributed by atoms with Gasteiger partial charge in [-0.25, -0.2) is 0 Å². The summed E-state index contributed by atoms with van der Waals surface area (Å²) < 4.78 is 3.86. The van der Waals surface area contributed by atoms with Crippen LogP contribution in [0.2, 0.25) is 10.0 Å². The van der Waals surface area contributed by atoms with Crippen molar-refractivity contribution in [2.45, 2.75) is 0 Å². The summed E-state index contributed by atoms with van der Waals surface area (Å²) in [5, 5.41) is 0.546. The minimum Gasteiger partial charge on any atom is -0.458 e. The van der Waals surface area contributed by atoms with Crippen molar-refractivity contribution in [2.24, 2.45) is 5.73 Å². The minimum absolute atomic E-state index is 0.210. The first-order valence-electron chi connectivity index (χ1n) is 3.27. The smallest absolute Gasteiger partial charge is 0.250 e. The Kier molecular flexibility index (Phi) is 6.85. The topological polar surface area (TPSA) is 52.3 Å². The highest BCUT2D eigenvalue weighted by atomic mass is 35.5. The number of hydrogen-bond donors (Lipinski definition) is 1. The number of carbonyl (C=O) groups excluding carboxylic acids is 1. The Bertz CT molecular complexity index is 323. The van der Waals surface area contributed by atoms with Crippen LogP contribution in [0, 0.1) is 0 Å². The van der Waals surface area contributed by atoms with Crippen LogP contribution in [0.3, 0.4) is 0 Å². The van der Waals surface area contributed by atoms with E-state index in [1.165, 1.54) is 6.07 Å². The van der Waals surface area contributed by atoms with E-state index in [1.807, 2.05) is 0 Å². The van der Waals surface area contributed by atoms with Gasteiger partial charge in [-0.1, -0.05) is 29.3 Å². The molecule has 0 fully saturated rings. The number of benzene rings is 1. The van der Waals surface area contributed by atoms with Crippen molar-refractivity contribution < 1.29 is 8.91 Å². The van der Waals surface area contributed by atoms with Gasteiger partial charge in [0.15, 0.2) is 0 Å². The molecule has 0 atom stereocenters. The van der Waals surface area contributed by atoms with Crippen LogP contribution in [0.4, 0.5) is 0 Å². The Morgan fingerprint density at radius 3 is 2.21 bits per heavy atom. The molecule has 7 heteroatoms. The van der Waals surface area contributed by atoms with Gasteiger partial charge in [-0.3, -0.25) is 4.79 Å². The molecule has 72 valence electrons. The molecule has 0 aliphatic rings. The molecule has 1 amide bonds. The van der Waals surface area contributed by atoms with Crippen molar-refractivity contribution in [3.63, 3.8) is 0 Å². The van der Waals surface area contributed by atoms with E-state index < -0.39 is 5.91 Å². The molecule has 0 saturated heterocycles. The highest BCUT2D eigenvalue weighted by molar-refractivity contribution is 6.43. The predicted octanol–water partition coefficient (Wildman–Crippen LogP) is 1.26. The Hall–Kier alpha value is -0.336. The molecule has 2 N–H and O–H groups in total. The molecule has 0 aliphatic carbocycles. The van der Waals surface area contributed by atoms with E-state index in [1.54, 1.807) is 12.1 Å². The third-order valence-corrected chi connectivity index (χ3v) is 2.04. The maximum atomic E-state index is 10.7. The highest BCUT2D eigenvalue weighted by Crippen LogP contribution is 2.24. The van der Waals surface area contributed by atoms with Crippen molar-refractivity contribution in [3.05, 3.63) is 33.8 Å². The summed E-state index contributed by atoms with van der Waals surface area (Å²) in [5.41, 5.74) is 5.25. The molecule has 0 saturated carbocycles. The zero-order valence-corrected chi connectivity index (χ0v) is 10.4. The van der Waals surface area contributed by atoms with Gasteiger partial charge in [0, 0.05) is 0 Å². The van der Waals surface area contributed by atoms with Crippen molar-refractivity contribution in [1.82, 2.24) is 0 Å². The molecule has 0 bridgehead atoms. The maximum absolute atomic E-state index is 10.7. The summed E-state index contributed by atoms with van der Waals surface area (Å²) in [7, 11) is 5.19. The van der Waals surface area contributed by atoms with Crippen LogP contribution in [-0.2, 0) is 4.12 Å². The number of halogens is 2. The molecule has 0 aliphatic heterocycles. The Balaban J connectivity index is 0.000000500. The van der Waals surface area contributed by atoms with E-state index in [0.717, 1.165) is 0 Å². The number of hydrogen-bond acceptors (Lipinski definition) is 2. The fourth-order valence-electron chi connectivity index (χ4n) is 0.694. The van der Waals surface area contributed by atoms with Crippen molar-refractivity contribution in [2.75, 3.05) is 0 Å². The summed E-state index contributed by atoms with van der Waals surface area (Å²) in [4.78, 5) is 10.7. The molecule has 1 aromatic rings. The molecule has 1 rings (SSSR count). The second-order valence-electron chi connectivity index (χ2n) is 2.07. The van der Waals surface area contributed by atoms with E-state index >= 15 is 0 Å². The number of carbonyl (C=O) groups is 1. The number of nitrogens with two attached hydrogens (primary N) is 1. The van der Waals surface area contributed by atoms with Gasteiger partial charge < -0.3 is 9.85 Å². The van der Waals surface area contributed by atoms with Crippen LogP contribution in [0.5, 0.6) is 0 Å². The van der Waals surface area contributed by atoms with Gasteiger partial charge in [0.25, 0.3) is 0 Å². The molecule has 14 heavy (non-hydrogen) atoms. The quantitative estimate of drug-likeness (QED) is 0.775. The van der Waals surface area contributed by atoms with Crippen LogP contribution >= 0.6 is 23.2 Å². The van der Waals surface area contributed by atoms with Gasteiger partial charge in [0.1, 0.15) is 0 Å². The third kappa shape index (κ3) is 4.25. The van der Waals surface area contributed by atoms with Crippen molar-refractivity contribution >= 4 is 50.1 Å². The highest BCUT2D eigenvalue weighted by Gasteiger charge is 2.07. The fraction of sp³-hybridized carbons (Fsp3) is 0. The standard InChI is InChI=1S/C7H5Cl2NO.OSi2/c8-5-3-1-2-4(6(5)9)7(10)11;2-1-3/h1-3H,(H2,10,11);. The zero-order valence-electron chi connectivity index (χ0n) is 6.88. The number of primary amides is 1. The molecule has 1 aromatic carbocycles. The molecule has 6 radical (unpaired) electrons. The molecular formula is C7H5Cl2NO2Si2. The average Bonchev–Trinajstić information content (AvgIpc) is 2.10. The molecule has 0 spiro atoms. The molecule has 0 heterocycles. The van der Waals surface area contributed by atoms with Crippen LogP contribution < -0.4 is 5.73 Å². The first kappa shape index (κ1) is 13.7. The van der Waals surface area contributed by atoms with Gasteiger partial charge >= 0.3 is 0 Å². The SMILES string of the molecule is NC(=O)c1cccc(Cl)c1Cl.[Si]O[Si]. The average molecular weight is 262 g/mol. The van der Waals surface area contributed by atoms with Crippen LogP contribution in [0.1, 0.15) is 10.4 Å². The molecule has 0 unspecified atom stereocenters. The van der Waals surface area contributed by atoms with E-state index in [2.05, 4.69) is 25.1 Å². The normalized spacial score (nSPS) is 8.86. The third-order valence-electron chi connectivity index (χ3n) is 1.22. The predicted molar refractivity (Wildman–Crippen MR) is 57.6 cm³/mol. The maximum Gasteiger partial charge on any atom is 0.250 e. The number of amides is 1. The largest absolute Gasteiger partial charge is 0.458 e. The lowest BCUT2D eigenvalue weighted by molar-refractivity contribution is 0.100. The van der Waals surface area contributed by atoms with E-state index in [0.29, 0.717) is 5.02 Å². The lowest BCUT2D eigenvalue weighted by Crippen LogP contribution is -2.11. The monoisotopic (exact) mass is 261 g/mol. The second-order valence-corrected chi connectivity index (χ2v) is 3.67. The van der Waals surface area contributed by atoms with Gasteiger partial charge in [-0.15, -0.1) is 0 Å². The van der Waals surface area contributed by atoms with Crippen molar-refractivity contribution in [3.8, 4) is 0 Å². The van der Waals surface area contributed by atoms with Gasteiger partial charge in [-0.2, -0.15) is 0 Å². The zero-order chi connectivity index (χ0) is 11.1. The first-order chi connectivity index (χ1) is 6.54. The summed E-state index contributed by atoms with van der Waals surface area (Å²) in [6.45, 7) is 0. The summed E-state index contributed by atoms with van der Waals surface area (Å²) in [6.07, 6.45) is 0. The molecular weight excluding hydrogens is 257 g/mol. The van der Waals surface area contributed by atoms with Gasteiger partial charge in [0.2, 0.25) is 26.9 Å². The van der Waals surface area contributed by atoms with Crippen LogP contribution in [0.15, 0.2) is 18.2 Å². The van der Waals surface area contributed by atoms with E-state index in [4.69, 9.17) is 28.9 Å². The summed E-state index contributed by atoms with van der Waals surface area (Å²) >= 11 is 11.3. The fourth-order valence-corrected chi connectivity index (χ4v) is 1.09. The Labute approximate surface area is 98.6 Å². The van der Waals surface area contributed by atoms with Crippen LogP contribution in [0.25, 0.3) is 0 Å².